The summed E-state index contributed by atoms with van der Waals surface area (Å²) in [5.41, 5.74) is 7.51. The van der Waals surface area contributed by atoms with E-state index in [0.717, 1.165) is 25.0 Å². The maximum absolute atomic E-state index is 6.39. The van der Waals surface area contributed by atoms with Crippen molar-refractivity contribution in [3.63, 3.8) is 0 Å². The maximum Gasteiger partial charge on any atom is 0.0640 e. The highest BCUT2D eigenvalue weighted by Gasteiger charge is 2.43. The number of hydrogen-bond donors (Lipinski definition) is 1. The summed E-state index contributed by atoms with van der Waals surface area (Å²) in [5, 5.41) is 4.65. The van der Waals surface area contributed by atoms with Gasteiger partial charge in [-0.1, -0.05) is 6.92 Å². The molecule has 1 aromatic heterocycles. The van der Waals surface area contributed by atoms with E-state index in [2.05, 4.69) is 35.9 Å². The Morgan fingerprint density at radius 3 is 3.00 bits per heavy atom. The fourth-order valence-electron chi connectivity index (χ4n) is 3.44. The molecule has 1 aromatic rings. The Labute approximate surface area is 115 Å². The van der Waals surface area contributed by atoms with E-state index >= 15 is 0 Å². The first kappa shape index (κ1) is 13.1. The average Bonchev–Trinajstić information content (AvgIpc) is 3.13. The predicted molar refractivity (Wildman–Crippen MR) is 74.9 cm³/mol. The van der Waals surface area contributed by atoms with Gasteiger partial charge in [0.1, 0.15) is 0 Å². The summed E-state index contributed by atoms with van der Waals surface area (Å²) in [4.78, 5) is 0. The largest absolute Gasteiger partial charge is 0.375 e. The Morgan fingerprint density at radius 2 is 2.37 bits per heavy atom. The summed E-state index contributed by atoms with van der Waals surface area (Å²) in [6.07, 6.45) is 8.54. The molecule has 19 heavy (non-hydrogen) atoms. The minimum absolute atomic E-state index is 0.190. The molecule has 3 rings (SSSR count). The molecule has 2 saturated heterocycles. The van der Waals surface area contributed by atoms with Crippen molar-refractivity contribution in [3.05, 3.63) is 18.0 Å². The van der Waals surface area contributed by atoms with Crippen LogP contribution < -0.4 is 5.73 Å². The monoisotopic (exact) mass is 263 g/mol. The van der Waals surface area contributed by atoms with Gasteiger partial charge in [0.2, 0.25) is 0 Å². The van der Waals surface area contributed by atoms with Gasteiger partial charge in [0.15, 0.2) is 0 Å². The van der Waals surface area contributed by atoms with Crippen molar-refractivity contribution in [1.82, 2.24) is 9.78 Å². The van der Waals surface area contributed by atoms with Gasteiger partial charge in [-0.2, -0.15) is 5.10 Å². The van der Waals surface area contributed by atoms with Crippen molar-refractivity contribution in [2.45, 2.75) is 70.2 Å². The molecule has 5 unspecified atom stereocenters. The minimum Gasteiger partial charge on any atom is -0.375 e. The number of nitrogens with zero attached hydrogens (tertiary/aromatic N) is 2. The maximum atomic E-state index is 6.39. The van der Waals surface area contributed by atoms with Gasteiger partial charge in [-0.15, -0.1) is 0 Å². The Morgan fingerprint density at radius 1 is 1.53 bits per heavy atom. The lowest BCUT2D eigenvalue weighted by Gasteiger charge is -2.24. The van der Waals surface area contributed by atoms with Gasteiger partial charge in [-0.05, 0) is 38.7 Å². The van der Waals surface area contributed by atoms with Gasteiger partial charge in [0.05, 0.1) is 17.9 Å². The van der Waals surface area contributed by atoms with Gasteiger partial charge < -0.3 is 10.5 Å². The third-order valence-electron chi connectivity index (χ3n) is 4.85. The summed E-state index contributed by atoms with van der Waals surface area (Å²) in [6.45, 7) is 4.38. The second-order valence-electron chi connectivity index (χ2n) is 6.19. The van der Waals surface area contributed by atoms with Crippen LogP contribution in [0.5, 0.6) is 0 Å². The Bertz CT molecular complexity index is 431. The van der Waals surface area contributed by atoms with Crippen LogP contribution in [-0.4, -0.2) is 28.0 Å². The molecule has 0 spiro atoms. The lowest BCUT2D eigenvalue weighted by Crippen LogP contribution is -2.38. The van der Waals surface area contributed by atoms with Gasteiger partial charge in [0, 0.05) is 30.6 Å². The first-order valence-corrected chi connectivity index (χ1v) is 7.62. The fourth-order valence-corrected chi connectivity index (χ4v) is 3.44. The number of rotatable bonds is 5. The molecule has 0 saturated carbocycles. The number of ether oxygens (including phenoxy) is 1. The van der Waals surface area contributed by atoms with Crippen molar-refractivity contribution in [3.8, 4) is 0 Å². The predicted octanol–water partition coefficient (Wildman–Crippen LogP) is 2.29. The molecule has 0 amide bonds. The van der Waals surface area contributed by atoms with E-state index in [0.29, 0.717) is 24.2 Å². The van der Waals surface area contributed by atoms with Crippen LogP contribution in [0, 0.1) is 5.92 Å². The Balaban J connectivity index is 1.60. The smallest absolute Gasteiger partial charge is 0.0640 e. The molecule has 5 atom stereocenters. The first-order valence-electron chi connectivity index (χ1n) is 7.62. The van der Waals surface area contributed by atoms with Gasteiger partial charge in [-0.25, -0.2) is 0 Å². The van der Waals surface area contributed by atoms with Crippen molar-refractivity contribution < 1.29 is 4.74 Å². The number of nitrogens with two attached hydrogens (primary N) is 1. The van der Waals surface area contributed by atoms with E-state index in [9.17, 15) is 0 Å². The van der Waals surface area contributed by atoms with Crippen LogP contribution >= 0.6 is 0 Å². The van der Waals surface area contributed by atoms with Crippen LogP contribution in [0.15, 0.2) is 12.3 Å². The normalized spacial score (nSPS) is 32.7. The highest BCUT2D eigenvalue weighted by atomic mass is 16.5. The topological polar surface area (TPSA) is 53.1 Å². The molecule has 2 N–H and O–H groups in total. The van der Waals surface area contributed by atoms with Gasteiger partial charge in [0.25, 0.3) is 0 Å². The van der Waals surface area contributed by atoms with E-state index in [1.54, 1.807) is 0 Å². The summed E-state index contributed by atoms with van der Waals surface area (Å²) in [5.74, 6) is 0.535. The van der Waals surface area contributed by atoms with E-state index in [-0.39, 0.29) is 6.04 Å². The lowest BCUT2D eigenvalue weighted by molar-refractivity contribution is 0.0884. The van der Waals surface area contributed by atoms with Crippen molar-refractivity contribution >= 4 is 0 Å². The molecule has 0 aliphatic carbocycles. The molecule has 0 aromatic carbocycles. The van der Waals surface area contributed by atoms with Crippen LogP contribution in [-0.2, 0) is 11.2 Å². The van der Waals surface area contributed by atoms with E-state index < -0.39 is 0 Å². The van der Waals surface area contributed by atoms with Crippen molar-refractivity contribution in [2.24, 2.45) is 11.7 Å². The quantitative estimate of drug-likeness (QED) is 0.886. The summed E-state index contributed by atoms with van der Waals surface area (Å²) < 4.78 is 7.95. The lowest BCUT2D eigenvalue weighted by atomic mass is 9.82. The second kappa shape index (κ2) is 5.25. The SMILES string of the molecule is CCC(C)n1ccc(CC(N)C2CC3CCC2O3)n1. The highest BCUT2D eigenvalue weighted by Crippen LogP contribution is 2.40. The van der Waals surface area contributed by atoms with E-state index in [1.807, 2.05) is 0 Å². The van der Waals surface area contributed by atoms with E-state index in [4.69, 9.17) is 10.5 Å². The van der Waals surface area contributed by atoms with Crippen LogP contribution in [0.4, 0.5) is 0 Å². The molecule has 4 nitrogen and oxygen atoms in total. The third-order valence-corrected chi connectivity index (χ3v) is 4.85. The standard InChI is InChI=1S/C15H25N3O/c1-3-10(2)18-7-6-11(17-18)8-14(16)13-9-12-4-5-15(13)19-12/h6-7,10,12-15H,3-5,8-9,16H2,1-2H3. The molecule has 0 radical (unpaired) electrons. The number of hydrogen-bond acceptors (Lipinski definition) is 3. The van der Waals surface area contributed by atoms with Crippen molar-refractivity contribution in [2.75, 3.05) is 0 Å². The zero-order chi connectivity index (χ0) is 13.4. The first-order chi connectivity index (χ1) is 9.17. The van der Waals surface area contributed by atoms with Crippen LogP contribution in [0.3, 0.4) is 0 Å². The number of aromatic nitrogens is 2. The third kappa shape index (κ3) is 2.56. The molecule has 4 heteroatoms. The molecule has 2 aliphatic heterocycles. The summed E-state index contributed by atoms with van der Waals surface area (Å²) in [7, 11) is 0. The van der Waals surface area contributed by atoms with Gasteiger partial charge in [-0.3, -0.25) is 4.68 Å². The van der Waals surface area contributed by atoms with Crippen LogP contribution in [0.1, 0.15) is 51.3 Å². The second-order valence-corrected chi connectivity index (χ2v) is 6.19. The van der Waals surface area contributed by atoms with Crippen LogP contribution in [0.25, 0.3) is 0 Å². The molecule has 106 valence electrons. The minimum atomic E-state index is 0.190. The molecule has 3 heterocycles. The molecular weight excluding hydrogens is 238 g/mol. The fraction of sp³-hybridized carbons (Fsp3) is 0.800. The summed E-state index contributed by atoms with van der Waals surface area (Å²) in [6, 6.07) is 2.77. The Hall–Kier alpha value is -0.870. The van der Waals surface area contributed by atoms with Crippen molar-refractivity contribution in [1.29, 1.82) is 0 Å². The van der Waals surface area contributed by atoms with Gasteiger partial charge >= 0.3 is 0 Å². The molecular formula is C15H25N3O. The zero-order valence-corrected chi connectivity index (χ0v) is 12.0. The molecule has 2 fully saturated rings. The highest BCUT2D eigenvalue weighted by molar-refractivity contribution is 5.05. The Kier molecular flexibility index (Phi) is 3.63. The zero-order valence-electron chi connectivity index (χ0n) is 12.0. The van der Waals surface area contributed by atoms with E-state index in [1.165, 1.54) is 12.8 Å². The molecule has 2 aliphatic rings. The molecule has 2 bridgehead atoms. The van der Waals surface area contributed by atoms with Crippen LogP contribution in [0.2, 0.25) is 0 Å². The average molecular weight is 263 g/mol. The summed E-state index contributed by atoms with van der Waals surface area (Å²) >= 11 is 0. The number of fused-ring (bicyclic) bond motifs is 2.